The van der Waals surface area contributed by atoms with E-state index in [9.17, 15) is 0 Å². The molecule has 108 valence electrons. The monoisotopic (exact) mass is 273 g/mol. The van der Waals surface area contributed by atoms with Crippen LogP contribution in [0.25, 0.3) is 11.0 Å². The molecule has 20 heavy (non-hydrogen) atoms. The zero-order valence-corrected chi connectivity index (χ0v) is 12.5. The van der Waals surface area contributed by atoms with Crippen molar-refractivity contribution in [3.8, 4) is 0 Å². The molecule has 3 heterocycles. The Morgan fingerprint density at radius 2 is 2.00 bits per heavy atom. The second-order valence-electron chi connectivity index (χ2n) is 6.04. The lowest BCUT2D eigenvalue weighted by Crippen LogP contribution is -2.40. The molecule has 5 heteroatoms. The maximum Gasteiger partial charge on any atom is 0.160 e. The van der Waals surface area contributed by atoms with Crippen LogP contribution < -0.4 is 10.6 Å². The number of hydrogen-bond donors (Lipinski definition) is 1. The Morgan fingerprint density at radius 1 is 1.30 bits per heavy atom. The fourth-order valence-electron chi connectivity index (χ4n) is 2.83. The van der Waals surface area contributed by atoms with Gasteiger partial charge in [-0.25, -0.2) is 9.67 Å². The summed E-state index contributed by atoms with van der Waals surface area (Å²) in [7, 11) is 0. The van der Waals surface area contributed by atoms with Crippen LogP contribution in [0.15, 0.2) is 12.3 Å². The molecule has 3 rings (SSSR count). The highest BCUT2D eigenvalue weighted by atomic mass is 15.3. The highest BCUT2D eigenvalue weighted by molar-refractivity contribution is 5.80. The van der Waals surface area contributed by atoms with Crippen LogP contribution in [0.5, 0.6) is 0 Å². The SMILES string of the molecule is Cc1cc(N2CCC(N)CC2)nc2c1cnn2C(C)C. The summed E-state index contributed by atoms with van der Waals surface area (Å²) in [6.07, 6.45) is 4.01. The van der Waals surface area contributed by atoms with Crippen molar-refractivity contribution >= 4 is 16.9 Å². The molecule has 0 spiro atoms. The average Bonchev–Trinajstić information content (AvgIpc) is 2.84. The number of anilines is 1. The fraction of sp³-hybridized carbons (Fsp3) is 0.600. The highest BCUT2D eigenvalue weighted by Gasteiger charge is 2.19. The van der Waals surface area contributed by atoms with Crippen molar-refractivity contribution in [2.45, 2.75) is 45.7 Å². The van der Waals surface area contributed by atoms with Gasteiger partial charge in [0.15, 0.2) is 5.65 Å². The van der Waals surface area contributed by atoms with E-state index in [2.05, 4.69) is 36.8 Å². The van der Waals surface area contributed by atoms with E-state index in [4.69, 9.17) is 10.7 Å². The first-order chi connectivity index (χ1) is 9.56. The van der Waals surface area contributed by atoms with E-state index in [1.54, 1.807) is 0 Å². The molecule has 0 saturated carbocycles. The normalized spacial score (nSPS) is 17.4. The van der Waals surface area contributed by atoms with Gasteiger partial charge in [-0.2, -0.15) is 5.10 Å². The van der Waals surface area contributed by atoms with E-state index in [0.717, 1.165) is 42.8 Å². The summed E-state index contributed by atoms with van der Waals surface area (Å²) in [6, 6.07) is 2.84. The van der Waals surface area contributed by atoms with Crippen molar-refractivity contribution in [3.05, 3.63) is 17.8 Å². The average molecular weight is 273 g/mol. The van der Waals surface area contributed by atoms with Gasteiger partial charge in [-0.15, -0.1) is 0 Å². The topological polar surface area (TPSA) is 60.0 Å². The van der Waals surface area contributed by atoms with Gasteiger partial charge >= 0.3 is 0 Å². The molecule has 0 radical (unpaired) electrons. The molecular formula is C15H23N5. The summed E-state index contributed by atoms with van der Waals surface area (Å²) in [5.41, 5.74) is 8.21. The third-order valence-corrected chi connectivity index (χ3v) is 4.11. The third kappa shape index (κ3) is 2.26. The number of piperidine rings is 1. The summed E-state index contributed by atoms with van der Waals surface area (Å²) in [4.78, 5) is 7.19. The molecule has 1 aliphatic rings. The fourth-order valence-corrected chi connectivity index (χ4v) is 2.83. The molecule has 0 amide bonds. The van der Waals surface area contributed by atoms with E-state index in [1.807, 2.05) is 10.9 Å². The minimum absolute atomic E-state index is 0.324. The van der Waals surface area contributed by atoms with Gasteiger partial charge in [-0.1, -0.05) is 0 Å². The number of nitrogens with two attached hydrogens (primary N) is 1. The number of nitrogens with zero attached hydrogens (tertiary/aromatic N) is 4. The summed E-state index contributed by atoms with van der Waals surface area (Å²) >= 11 is 0. The third-order valence-electron chi connectivity index (χ3n) is 4.11. The van der Waals surface area contributed by atoms with Crippen molar-refractivity contribution < 1.29 is 0 Å². The first kappa shape index (κ1) is 13.4. The maximum atomic E-state index is 5.98. The molecule has 0 atom stereocenters. The van der Waals surface area contributed by atoms with E-state index >= 15 is 0 Å². The number of hydrogen-bond acceptors (Lipinski definition) is 4. The molecule has 1 fully saturated rings. The van der Waals surface area contributed by atoms with E-state index in [0.29, 0.717) is 12.1 Å². The summed E-state index contributed by atoms with van der Waals surface area (Å²) in [5, 5.41) is 5.62. The van der Waals surface area contributed by atoms with Gasteiger partial charge in [0, 0.05) is 30.6 Å². The summed E-state index contributed by atoms with van der Waals surface area (Å²) < 4.78 is 2.00. The van der Waals surface area contributed by atoms with Crippen LogP contribution in [-0.4, -0.2) is 33.9 Å². The summed E-state index contributed by atoms with van der Waals surface area (Å²) in [5.74, 6) is 1.06. The van der Waals surface area contributed by atoms with Gasteiger partial charge in [0.2, 0.25) is 0 Å². The van der Waals surface area contributed by atoms with Gasteiger partial charge in [0.25, 0.3) is 0 Å². The van der Waals surface area contributed by atoms with E-state index in [-0.39, 0.29) is 0 Å². The molecule has 5 nitrogen and oxygen atoms in total. The molecule has 1 saturated heterocycles. The van der Waals surface area contributed by atoms with Gasteiger partial charge in [0.05, 0.1) is 6.20 Å². The van der Waals surface area contributed by atoms with Crippen LogP contribution >= 0.6 is 0 Å². The number of aromatic nitrogens is 3. The number of pyridine rings is 1. The zero-order chi connectivity index (χ0) is 14.3. The predicted molar refractivity (Wildman–Crippen MR) is 82.1 cm³/mol. The summed E-state index contributed by atoms with van der Waals surface area (Å²) in [6.45, 7) is 8.39. The van der Waals surface area contributed by atoms with Gasteiger partial charge in [0.1, 0.15) is 5.82 Å². The van der Waals surface area contributed by atoms with Crippen LogP contribution in [0, 0.1) is 6.92 Å². The van der Waals surface area contributed by atoms with E-state index < -0.39 is 0 Å². The van der Waals surface area contributed by atoms with Gasteiger partial charge in [-0.3, -0.25) is 0 Å². The molecular weight excluding hydrogens is 250 g/mol. The van der Waals surface area contributed by atoms with Crippen molar-refractivity contribution in [1.82, 2.24) is 14.8 Å². The minimum atomic E-state index is 0.324. The molecule has 2 N–H and O–H groups in total. The molecule has 2 aromatic rings. The van der Waals surface area contributed by atoms with Crippen LogP contribution in [-0.2, 0) is 0 Å². The largest absolute Gasteiger partial charge is 0.356 e. The molecule has 0 aromatic carbocycles. The molecule has 0 unspecified atom stereocenters. The maximum absolute atomic E-state index is 5.98. The Kier molecular flexibility index (Phi) is 3.38. The molecule has 0 aliphatic carbocycles. The quantitative estimate of drug-likeness (QED) is 0.911. The zero-order valence-electron chi connectivity index (χ0n) is 12.5. The van der Waals surface area contributed by atoms with Crippen LogP contribution in [0.3, 0.4) is 0 Å². The molecule has 1 aliphatic heterocycles. The minimum Gasteiger partial charge on any atom is -0.356 e. The molecule has 0 bridgehead atoms. The van der Waals surface area contributed by atoms with Crippen molar-refractivity contribution in [1.29, 1.82) is 0 Å². The van der Waals surface area contributed by atoms with Crippen LogP contribution in [0.2, 0.25) is 0 Å². The first-order valence-electron chi connectivity index (χ1n) is 7.41. The van der Waals surface area contributed by atoms with Crippen LogP contribution in [0.4, 0.5) is 5.82 Å². The lowest BCUT2D eigenvalue weighted by molar-refractivity contribution is 0.498. The Balaban J connectivity index is 2.01. The molecule has 2 aromatic heterocycles. The Hall–Kier alpha value is -1.62. The standard InChI is InChI=1S/C15H23N5/c1-10(2)20-15-13(9-17-20)11(3)8-14(18-15)19-6-4-12(16)5-7-19/h8-10,12H,4-7,16H2,1-3H3. The van der Waals surface area contributed by atoms with Gasteiger partial charge < -0.3 is 10.6 Å². The van der Waals surface area contributed by atoms with Gasteiger partial charge in [-0.05, 0) is 45.2 Å². The van der Waals surface area contributed by atoms with Crippen molar-refractivity contribution in [2.24, 2.45) is 5.73 Å². The van der Waals surface area contributed by atoms with Crippen molar-refractivity contribution in [3.63, 3.8) is 0 Å². The number of aryl methyl sites for hydroxylation is 1. The number of rotatable bonds is 2. The second-order valence-corrected chi connectivity index (χ2v) is 6.04. The number of fused-ring (bicyclic) bond motifs is 1. The van der Waals surface area contributed by atoms with Crippen LogP contribution in [0.1, 0.15) is 38.3 Å². The lowest BCUT2D eigenvalue weighted by Gasteiger charge is -2.31. The van der Waals surface area contributed by atoms with E-state index in [1.165, 1.54) is 5.56 Å². The Bertz CT molecular complexity index is 608. The smallest absolute Gasteiger partial charge is 0.160 e. The predicted octanol–water partition coefficient (Wildman–Crippen LogP) is 2.25. The Labute approximate surface area is 119 Å². The first-order valence-corrected chi connectivity index (χ1v) is 7.41. The second kappa shape index (κ2) is 5.05. The highest BCUT2D eigenvalue weighted by Crippen LogP contribution is 2.25. The lowest BCUT2D eigenvalue weighted by atomic mass is 10.1. The van der Waals surface area contributed by atoms with Crippen molar-refractivity contribution in [2.75, 3.05) is 18.0 Å². The Morgan fingerprint density at radius 3 is 2.65 bits per heavy atom.